The summed E-state index contributed by atoms with van der Waals surface area (Å²) in [6.07, 6.45) is 1.19. The summed E-state index contributed by atoms with van der Waals surface area (Å²) >= 11 is 0. The molecule has 0 aromatic heterocycles. The monoisotopic (exact) mass is 289 g/mol. The Morgan fingerprint density at radius 2 is 1.90 bits per heavy atom. The number of aliphatic hydroxyl groups is 1. The van der Waals surface area contributed by atoms with Crippen LogP contribution in [0.4, 0.5) is 5.69 Å². The maximum atomic E-state index is 11.9. The lowest BCUT2D eigenvalue weighted by molar-refractivity contribution is -0.137. The second kappa shape index (κ2) is 6.19. The Morgan fingerprint density at radius 3 is 2.48 bits per heavy atom. The van der Waals surface area contributed by atoms with Gasteiger partial charge in [-0.25, -0.2) is 0 Å². The number of β-amino-alcohol motifs (C(OH)–C–C–N with tert-alkyl or cyclic N) is 1. The van der Waals surface area contributed by atoms with Crippen LogP contribution in [0.25, 0.3) is 0 Å². The largest absolute Gasteiger partial charge is 0.395 e. The molecule has 0 saturated carbocycles. The van der Waals surface area contributed by atoms with Gasteiger partial charge in [-0.2, -0.15) is 0 Å². The van der Waals surface area contributed by atoms with Crippen LogP contribution in [0.1, 0.15) is 10.4 Å². The van der Waals surface area contributed by atoms with E-state index in [9.17, 15) is 14.4 Å². The fourth-order valence-corrected chi connectivity index (χ4v) is 1.91. The number of nitrogens with one attached hydrogen (secondary N) is 2. The number of nitrogens with zero attached hydrogens (tertiary/aromatic N) is 1. The first-order valence-corrected chi connectivity index (χ1v) is 6.34. The highest BCUT2D eigenvalue weighted by Gasteiger charge is 2.30. The number of amides is 3. The molecule has 0 fully saturated rings. The van der Waals surface area contributed by atoms with Crippen molar-refractivity contribution in [3.63, 3.8) is 0 Å². The molecule has 0 bridgehead atoms. The Morgan fingerprint density at radius 1 is 1.24 bits per heavy atom. The second-order valence-electron chi connectivity index (χ2n) is 4.36. The summed E-state index contributed by atoms with van der Waals surface area (Å²) in [5.74, 6) is -1.15. The van der Waals surface area contributed by atoms with E-state index in [4.69, 9.17) is 5.11 Å². The zero-order valence-electron chi connectivity index (χ0n) is 11.4. The maximum Gasteiger partial charge on any atom is 0.277 e. The van der Waals surface area contributed by atoms with Gasteiger partial charge in [-0.05, 0) is 24.3 Å². The highest BCUT2D eigenvalue weighted by atomic mass is 16.3. The number of anilines is 1. The van der Waals surface area contributed by atoms with Crippen LogP contribution >= 0.6 is 0 Å². The minimum absolute atomic E-state index is 0.0328. The first-order valence-electron chi connectivity index (χ1n) is 6.34. The first kappa shape index (κ1) is 14.7. The number of hydrogen-bond acceptors (Lipinski definition) is 5. The lowest BCUT2D eigenvalue weighted by Crippen LogP contribution is -2.34. The van der Waals surface area contributed by atoms with E-state index in [1.54, 1.807) is 24.3 Å². The van der Waals surface area contributed by atoms with E-state index >= 15 is 0 Å². The number of imide groups is 1. The van der Waals surface area contributed by atoms with Crippen molar-refractivity contribution in [1.82, 2.24) is 10.2 Å². The lowest BCUT2D eigenvalue weighted by Gasteiger charge is -2.13. The average Bonchev–Trinajstić information content (AvgIpc) is 2.75. The second-order valence-corrected chi connectivity index (χ2v) is 4.36. The summed E-state index contributed by atoms with van der Waals surface area (Å²) in [5.41, 5.74) is 1.22. The average molecular weight is 289 g/mol. The standard InChI is InChI=1S/C14H15N3O4/c1-15-13(20)9-2-4-10(5-3-9)16-11-8-12(19)17(6-7-18)14(11)21/h2-5,8,16,18H,6-7H2,1H3,(H,15,20). The van der Waals surface area contributed by atoms with Gasteiger partial charge in [-0.1, -0.05) is 0 Å². The quantitative estimate of drug-likeness (QED) is 0.647. The Hall–Kier alpha value is -2.67. The number of carbonyl (C=O) groups excluding carboxylic acids is 3. The fourth-order valence-electron chi connectivity index (χ4n) is 1.91. The van der Waals surface area contributed by atoms with Crippen molar-refractivity contribution in [1.29, 1.82) is 0 Å². The summed E-state index contributed by atoms with van der Waals surface area (Å²) in [6.45, 7) is -0.311. The zero-order chi connectivity index (χ0) is 15.4. The van der Waals surface area contributed by atoms with E-state index in [2.05, 4.69) is 10.6 Å². The molecule has 0 radical (unpaired) electrons. The Labute approximate surface area is 121 Å². The molecule has 1 aromatic carbocycles. The molecule has 0 saturated heterocycles. The molecule has 1 aliphatic heterocycles. The Bertz CT molecular complexity index is 607. The summed E-state index contributed by atoms with van der Waals surface area (Å²) in [7, 11) is 1.54. The third-order valence-corrected chi connectivity index (χ3v) is 2.99. The van der Waals surface area contributed by atoms with Gasteiger partial charge in [0, 0.05) is 24.4 Å². The summed E-state index contributed by atoms with van der Waals surface area (Å²) in [6, 6.07) is 6.48. The van der Waals surface area contributed by atoms with Crippen LogP contribution in [0.15, 0.2) is 36.0 Å². The van der Waals surface area contributed by atoms with Gasteiger partial charge in [0.15, 0.2) is 0 Å². The van der Waals surface area contributed by atoms with Crippen LogP contribution in [-0.4, -0.2) is 47.9 Å². The SMILES string of the molecule is CNC(=O)c1ccc(NC2=CC(=O)N(CCO)C2=O)cc1. The number of rotatable bonds is 5. The third-order valence-electron chi connectivity index (χ3n) is 2.99. The van der Waals surface area contributed by atoms with Crippen molar-refractivity contribution in [3.05, 3.63) is 41.6 Å². The maximum absolute atomic E-state index is 11.9. The van der Waals surface area contributed by atoms with Gasteiger partial charge in [-0.15, -0.1) is 0 Å². The molecule has 110 valence electrons. The van der Waals surface area contributed by atoms with Crippen LogP contribution in [-0.2, 0) is 9.59 Å². The van der Waals surface area contributed by atoms with Crippen molar-refractivity contribution < 1.29 is 19.5 Å². The van der Waals surface area contributed by atoms with Gasteiger partial charge >= 0.3 is 0 Å². The van der Waals surface area contributed by atoms with E-state index in [1.807, 2.05) is 0 Å². The molecule has 1 heterocycles. The predicted molar refractivity (Wildman–Crippen MR) is 75.3 cm³/mol. The van der Waals surface area contributed by atoms with Gasteiger partial charge in [0.05, 0.1) is 13.2 Å². The van der Waals surface area contributed by atoms with E-state index in [-0.39, 0.29) is 24.8 Å². The van der Waals surface area contributed by atoms with E-state index in [0.29, 0.717) is 11.3 Å². The van der Waals surface area contributed by atoms with Crippen LogP contribution in [0.5, 0.6) is 0 Å². The van der Waals surface area contributed by atoms with Crippen molar-refractivity contribution in [2.75, 3.05) is 25.5 Å². The number of benzene rings is 1. The topological polar surface area (TPSA) is 98.7 Å². The van der Waals surface area contributed by atoms with Crippen LogP contribution in [0, 0.1) is 0 Å². The minimum Gasteiger partial charge on any atom is -0.395 e. The van der Waals surface area contributed by atoms with Crippen LogP contribution < -0.4 is 10.6 Å². The van der Waals surface area contributed by atoms with Crippen molar-refractivity contribution >= 4 is 23.4 Å². The molecule has 0 unspecified atom stereocenters. The summed E-state index contributed by atoms with van der Waals surface area (Å²) in [4.78, 5) is 35.9. The highest BCUT2D eigenvalue weighted by Crippen LogP contribution is 2.17. The zero-order valence-corrected chi connectivity index (χ0v) is 11.4. The van der Waals surface area contributed by atoms with Gasteiger partial charge in [0.25, 0.3) is 17.7 Å². The molecule has 1 aromatic rings. The van der Waals surface area contributed by atoms with Crippen molar-refractivity contribution in [2.24, 2.45) is 0 Å². The molecule has 3 N–H and O–H groups in total. The lowest BCUT2D eigenvalue weighted by atomic mass is 10.2. The van der Waals surface area contributed by atoms with Crippen molar-refractivity contribution in [3.8, 4) is 0 Å². The normalized spacial score (nSPS) is 14.2. The number of hydrogen-bond donors (Lipinski definition) is 3. The molecule has 3 amide bonds. The van der Waals surface area contributed by atoms with E-state index in [0.717, 1.165) is 4.90 Å². The van der Waals surface area contributed by atoms with E-state index in [1.165, 1.54) is 13.1 Å². The molecule has 7 heteroatoms. The van der Waals surface area contributed by atoms with Gasteiger partial charge in [0.2, 0.25) is 0 Å². The molecule has 0 atom stereocenters. The van der Waals surface area contributed by atoms with Crippen LogP contribution in [0.2, 0.25) is 0 Å². The Kier molecular flexibility index (Phi) is 4.34. The van der Waals surface area contributed by atoms with Gasteiger partial charge < -0.3 is 15.7 Å². The smallest absolute Gasteiger partial charge is 0.277 e. The summed E-state index contributed by atoms with van der Waals surface area (Å²) in [5, 5.41) is 14.2. The molecule has 21 heavy (non-hydrogen) atoms. The molecular formula is C14H15N3O4. The van der Waals surface area contributed by atoms with Gasteiger partial charge in [0.1, 0.15) is 5.70 Å². The van der Waals surface area contributed by atoms with Crippen LogP contribution in [0.3, 0.4) is 0 Å². The molecule has 2 rings (SSSR count). The summed E-state index contributed by atoms with van der Waals surface area (Å²) < 4.78 is 0. The third kappa shape index (κ3) is 3.09. The fraction of sp³-hybridized carbons (Fsp3) is 0.214. The first-order chi connectivity index (χ1) is 10.1. The molecule has 0 spiro atoms. The van der Waals surface area contributed by atoms with Gasteiger partial charge in [-0.3, -0.25) is 19.3 Å². The number of carbonyl (C=O) groups is 3. The highest BCUT2D eigenvalue weighted by molar-refractivity contribution is 6.17. The minimum atomic E-state index is -0.482. The molecule has 7 nitrogen and oxygen atoms in total. The van der Waals surface area contributed by atoms with E-state index < -0.39 is 11.8 Å². The Balaban J connectivity index is 2.09. The van der Waals surface area contributed by atoms with Crippen molar-refractivity contribution in [2.45, 2.75) is 0 Å². The molecule has 0 aliphatic carbocycles. The molecular weight excluding hydrogens is 274 g/mol. The predicted octanol–water partition coefficient (Wildman–Crippen LogP) is -0.297. The molecule has 1 aliphatic rings. The number of aliphatic hydroxyl groups excluding tert-OH is 1.